The Hall–Kier alpha value is -3.35. The molecule has 3 aromatic rings. The highest BCUT2D eigenvalue weighted by Crippen LogP contribution is 2.29. The zero-order valence-electron chi connectivity index (χ0n) is 19.6. The summed E-state index contributed by atoms with van der Waals surface area (Å²) in [7, 11) is 0. The van der Waals surface area contributed by atoms with E-state index in [9.17, 15) is 14.9 Å². The maximum Gasteiger partial charge on any atom is 0.274 e. The molecule has 1 saturated heterocycles. The van der Waals surface area contributed by atoms with Crippen LogP contribution in [0.25, 0.3) is 5.82 Å². The second kappa shape index (κ2) is 10.5. The number of aryl methyl sites for hydroxylation is 1. The molecule has 0 saturated carbocycles. The van der Waals surface area contributed by atoms with Crippen LogP contribution in [0.1, 0.15) is 51.5 Å². The SMILES string of the molecule is Cc1cc(C#N)cc(C(=O)NC(C)C)c1NC(=O)c1cc(CC2CSC2)nn1-c1ncccc1Cl. The fourth-order valence-corrected chi connectivity index (χ4v) is 4.80. The predicted octanol–water partition coefficient (Wildman–Crippen LogP) is 4.40. The lowest BCUT2D eigenvalue weighted by Gasteiger charge is -2.23. The van der Waals surface area contributed by atoms with Crippen molar-refractivity contribution in [3.63, 3.8) is 0 Å². The number of carbonyl (C=O) groups excluding carboxylic acids is 2. The van der Waals surface area contributed by atoms with Crippen molar-refractivity contribution in [1.82, 2.24) is 20.1 Å². The highest BCUT2D eigenvalue weighted by atomic mass is 35.5. The second-order valence-electron chi connectivity index (χ2n) is 8.76. The molecule has 3 heterocycles. The molecule has 0 spiro atoms. The van der Waals surface area contributed by atoms with E-state index in [0.717, 1.165) is 23.6 Å². The van der Waals surface area contributed by atoms with E-state index < -0.39 is 5.91 Å². The van der Waals surface area contributed by atoms with Gasteiger partial charge in [0.25, 0.3) is 11.8 Å². The third-order valence-corrected chi connectivity index (χ3v) is 7.21. The number of pyridine rings is 1. The average Bonchev–Trinajstić information content (AvgIpc) is 3.21. The van der Waals surface area contributed by atoms with Gasteiger partial charge in [0.1, 0.15) is 5.69 Å². The van der Waals surface area contributed by atoms with E-state index in [2.05, 4.69) is 26.8 Å². The molecule has 1 aliphatic rings. The molecular formula is C25H25ClN6O2S. The number of halogens is 1. The van der Waals surface area contributed by atoms with Crippen LogP contribution in [0.2, 0.25) is 5.02 Å². The number of thioether (sulfide) groups is 1. The Morgan fingerprint density at radius 1 is 1.29 bits per heavy atom. The number of aromatic nitrogens is 3. The number of nitrogens with zero attached hydrogens (tertiary/aromatic N) is 4. The van der Waals surface area contributed by atoms with E-state index in [1.165, 1.54) is 10.7 Å². The maximum atomic E-state index is 13.6. The molecule has 35 heavy (non-hydrogen) atoms. The third kappa shape index (κ3) is 5.50. The fourth-order valence-electron chi connectivity index (χ4n) is 3.80. The molecule has 8 nitrogen and oxygen atoms in total. The summed E-state index contributed by atoms with van der Waals surface area (Å²) in [4.78, 5) is 30.8. The largest absolute Gasteiger partial charge is 0.350 e. The van der Waals surface area contributed by atoms with Crippen molar-refractivity contribution >= 4 is 40.9 Å². The number of hydrogen-bond acceptors (Lipinski definition) is 6. The Morgan fingerprint density at radius 2 is 2.06 bits per heavy atom. The van der Waals surface area contributed by atoms with Crippen LogP contribution in [0.5, 0.6) is 0 Å². The Labute approximate surface area is 213 Å². The number of rotatable bonds is 7. The van der Waals surface area contributed by atoms with Crippen LogP contribution < -0.4 is 10.6 Å². The van der Waals surface area contributed by atoms with Gasteiger partial charge in [-0.1, -0.05) is 11.6 Å². The molecule has 1 fully saturated rings. The number of anilines is 1. The van der Waals surface area contributed by atoms with Gasteiger partial charge in [0, 0.05) is 12.2 Å². The molecule has 0 atom stereocenters. The minimum absolute atomic E-state index is 0.114. The lowest BCUT2D eigenvalue weighted by molar-refractivity contribution is 0.0944. The van der Waals surface area contributed by atoms with Crippen molar-refractivity contribution < 1.29 is 9.59 Å². The minimum Gasteiger partial charge on any atom is -0.350 e. The van der Waals surface area contributed by atoms with E-state index in [4.69, 9.17) is 11.6 Å². The molecule has 2 amide bonds. The summed E-state index contributed by atoms with van der Waals surface area (Å²) in [5.74, 6) is 2.17. The first-order valence-electron chi connectivity index (χ1n) is 11.2. The van der Waals surface area contributed by atoms with Crippen molar-refractivity contribution in [2.75, 3.05) is 16.8 Å². The molecule has 1 aromatic carbocycles. The summed E-state index contributed by atoms with van der Waals surface area (Å²) in [6.07, 6.45) is 2.34. The van der Waals surface area contributed by atoms with Crippen molar-refractivity contribution in [1.29, 1.82) is 5.26 Å². The Kier molecular flexibility index (Phi) is 7.43. The van der Waals surface area contributed by atoms with Gasteiger partial charge in [-0.2, -0.15) is 22.1 Å². The molecule has 0 unspecified atom stereocenters. The van der Waals surface area contributed by atoms with Crippen LogP contribution in [0, 0.1) is 24.2 Å². The first-order chi connectivity index (χ1) is 16.8. The van der Waals surface area contributed by atoms with E-state index in [1.54, 1.807) is 37.4 Å². The van der Waals surface area contributed by atoms with Crippen molar-refractivity contribution in [3.05, 3.63) is 69.6 Å². The molecule has 0 bridgehead atoms. The Bertz CT molecular complexity index is 1330. The number of amides is 2. The summed E-state index contributed by atoms with van der Waals surface area (Å²) in [5.41, 5.74) is 2.52. The molecule has 4 rings (SSSR count). The lowest BCUT2D eigenvalue weighted by Crippen LogP contribution is -2.31. The lowest BCUT2D eigenvalue weighted by atomic mass is 10.0. The zero-order chi connectivity index (χ0) is 25.1. The van der Waals surface area contributed by atoms with Crippen LogP contribution >= 0.6 is 23.4 Å². The van der Waals surface area contributed by atoms with Gasteiger partial charge in [-0.15, -0.1) is 0 Å². The van der Waals surface area contributed by atoms with Crippen molar-refractivity contribution in [2.24, 2.45) is 5.92 Å². The van der Waals surface area contributed by atoms with Crippen molar-refractivity contribution in [3.8, 4) is 11.9 Å². The predicted molar refractivity (Wildman–Crippen MR) is 137 cm³/mol. The Morgan fingerprint density at radius 3 is 2.69 bits per heavy atom. The quantitative estimate of drug-likeness (QED) is 0.489. The highest BCUT2D eigenvalue weighted by Gasteiger charge is 2.25. The third-order valence-electron chi connectivity index (χ3n) is 5.50. The molecule has 2 aromatic heterocycles. The molecule has 10 heteroatoms. The summed E-state index contributed by atoms with van der Waals surface area (Å²) in [6, 6.07) is 10.2. The van der Waals surface area contributed by atoms with Gasteiger partial charge in [0.15, 0.2) is 5.82 Å². The van der Waals surface area contributed by atoms with Crippen LogP contribution in [0.4, 0.5) is 5.69 Å². The van der Waals surface area contributed by atoms with Crippen LogP contribution in [-0.2, 0) is 6.42 Å². The van der Waals surface area contributed by atoms with Gasteiger partial charge >= 0.3 is 0 Å². The number of nitriles is 1. The van der Waals surface area contributed by atoms with Gasteiger partial charge < -0.3 is 10.6 Å². The summed E-state index contributed by atoms with van der Waals surface area (Å²) >= 11 is 8.27. The maximum absolute atomic E-state index is 13.6. The second-order valence-corrected chi connectivity index (χ2v) is 10.2. The molecule has 2 N–H and O–H groups in total. The first-order valence-corrected chi connectivity index (χ1v) is 12.7. The van der Waals surface area contributed by atoms with E-state index in [0.29, 0.717) is 33.6 Å². The average molecular weight is 509 g/mol. The van der Waals surface area contributed by atoms with Gasteiger partial charge in [-0.25, -0.2) is 9.67 Å². The van der Waals surface area contributed by atoms with Crippen LogP contribution in [-0.4, -0.2) is 44.1 Å². The van der Waals surface area contributed by atoms with Crippen LogP contribution in [0.3, 0.4) is 0 Å². The van der Waals surface area contributed by atoms with E-state index in [-0.39, 0.29) is 23.2 Å². The first kappa shape index (κ1) is 24.8. The standard InChI is InChI=1S/C25H25ClN6O2S/c1-14(2)29-24(33)19-9-16(11-27)7-15(3)22(19)30-25(34)21-10-18(8-17-12-35-13-17)31-32(21)23-20(26)5-4-6-28-23/h4-7,9-10,14,17H,8,12-13H2,1-3H3,(H,29,33)(H,30,34). The molecule has 1 aliphatic heterocycles. The van der Waals surface area contributed by atoms with Gasteiger partial charge in [0.2, 0.25) is 0 Å². The fraction of sp³-hybridized carbons (Fsp3) is 0.320. The molecular weight excluding hydrogens is 484 g/mol. The Balaban J connectivity index is 1.74. The molecule has 0 aliphatic carbocycles. The summed E-state index contributed by atoms with van der Waals surface area (Å²) < 4.78 is 1.45. The van der Waals surface area contributed by atoms with Crippen molar-refractivity contribution in [2.45, 2.75) is 33.2 Å². The van der Waals surface area contributed by atoms with Gasteiger partial charge in [-0.3, -0.25) is 9.59 Å². The normalized spacial score (nSPS) is 13.3. The van der Waals surface area contributed by atoms with E-state index >= 15 is 0 Å². The molecule has 0 radical (unpaired) electrons. The number of benzene rings is 1. The number of carbonyl (C=O) groups is 2. The smallest absolute Gasteiger partial charge is 0.274 e. The highest BCUT2D eigenvalue weighted by molar-refractivity contribution is 8.00. The van der Waals surface area contributed by atoms with Gasteiger partial charge in [-0.05, 0) is 80.5 Å². The molecule has 180 valence electrons. The van der Waals surface area contributed by atoms with E-state index in [1.807, 2.05) is 25.6 Å². The van der Waals surface area contributed by atoms with Gasteiger partial charge in [0.05, 0.1) is 33.6 Å². The minimum atomic E-state index is -0.458. The number of hydrogen-bond donors (Lipinski definition) is 2. The zero-order valence-corrected chi connectivity index (χ0v) is 21.2. The topological polar surface area (TPSA) is 113 Å². The number of nitrogens with one attached hydrogen (secondary N) is 2. The van der Waals surface area contributed by atoms with Crippen LogP contribution in [0.15, 0.2) is 36.5 Å². The monoisotopic (exact) mass is 508 g/mol. The summed E-state index contributed by atoms with van der Waals surface area (Å²) in [5, 5.41) is 20.1. The summed E-state index contributed by atoms with van der Waals surface area (Å²) in [6.45, 7) is 5.43.